The monoisotopic (exact) mass is 281 g/mol. The van der Waals surface area contributed by atoms with Gasteiger partial charge in [-0.15, -0.1) is 0 Å². The fourth-order valence-electron chi connectivity index (χ4n) is 1.71. The summed E-state index contributed by atoms with van der Waals surface area (Å²) in [5.74, 6) is -1.35. The minimum Gasteiger partial charge on any atom is -0.480 e. The van der Waals surface area contributed by atoms with E-state index in [0.29, 0.717) is 12.8 Å². The second-order valence-corrected chi connectivity index (χ2v) is 6.95. The first-order chi connectivity index (χ1) is 8.30. The molecule has 2 N–H and O–H groups in total. The Morgan fingerprint density at radius 2 is 1.83 bits per heavy atom. The lowest BCUT2D eigenvalue weighted by Gasteiger charge is -2.27. The molecular formula is C11H24NO5P. The number of carboxylic acid groups (broad SMARTS) is 1. The number of rotatable bonds is 9. The molecule has 2 unspecified atom stereocenters. The highest BCUT2D eigenvalue weighted by Crippen LogP contribution is 2.51. The Balaban J connectivity index is 4.86. The van der Waals surface area contributed by atoms with Crippen molar-refractivity contribution < 1.29 is 23.5 Å². The van der Waals surface area contributed by atoms with E-state index >= 15 is 0 Å². The maximum absolute atomic E-state index is 12.2. The van der Waals surface area contributed by atoms with Gasteiger partial charge in [0.1, 0.15) is 11.8 Å². The summed E-state index contributed by atoms with van der Waals surface area (Å²) in [5.41, 5.74) is 0. The summed E-state index contributed by atoms with van der Waals surface area (Å²) in [5, 5.41) is 12.0. The molecule has 0 saturated heterocycles. The van der Waals surface area contributed by atoms with Crippen LogP contribution in [0, 0.1) is 5.92 Å². The first-order valence-corrected chi connectivity index (χ1v) is 7.61. The molecule has 0 aliphatic carbocycles. The van der Waals surface area contributed by atoms with E-state index in [1.165, 1.54) is 14.2 Å². The van der Waals surface area contributed by atoms with Crippen LogP contribution in [0.2, 0.25) is 0 Å². The first kappa shape index (κ1) is 17.6. The van der Waals surface area contributed by atoms with Crippen LogP contribution in [-0.4, -0.2) is 37.1 Å². The zero-order valence-corrected chi connectivity index (χ0v) is 12.6. The molecule has 0 aromatic heterocycles. The number of aliphatic carboxylic acids is 1. The Bertz CT molecular complexity index is 300. The predicted octanol–water partition coefficient (Wildman–Crippen LogP) is 2.30. The topological polar surface area (TPSA) is 84.9 Å². The standard InChI is InChI=1S/C11H24NO5P/c1-6-10(18(15,16-4)17-5)12-9(11(13)14)7-8(2)3/h8-10,12H,6-7H2,1-5H3,(H,13,14). The summed E-state index contributed by atoms with van der Waals surface area (Å²) in [6, 6.07) is -0.756. The van der Waals surface area contributed by atoms with Gasteiger partial charge in [0.15, 0.2) is 0 Å². The van der Waals surface area contributed by atoms with Crippen LogP contribution in [0.15, 0.2) is 0 Å². The average Bonchev–Trinajstić information content (AvgIpc) is 2.32. The summed E-state index contributed by atoms with van der Waals surface area (Å²) >= 11 is 0. The van der Waals surface area contributed by atoms with Crippen molar-refractivity contribution in [2.45, 2.75) is 45.4 Å². The van der Waals surface area contributed by atoms with E-state index in [-0.39, 0.29) is 5.92 Å². The predicted molar refractivity (Wildman–Crippen MR) is 69.7 cm³/mol. The lowest BCUT2D eigenvalue weighted by Crippen LogP contribution is -2.44. The van der Waals surface area contributed by atoms with E-state index in [1.807, 2.05) is 13.8 Å². The van der Waals surface area contributed by atoms with Crippen LogP contribution in [0.25, 0.3) is 0 Å². The van der Waals surface area contributed by atoms with Crippen molar-refractivity contribution in [3.8, 4) is 0 Å². The van der Waals surface area contributed by atoms with Gasteiger partial charge in [-0.3, -0.25) is 14.7 Å². The summed E-state index contributed by atoms with van der Waals surface area (Å²) in [6.45, 7) is 5.67. The van der Waals surface area contributed by atoms with Crippen LogP contribution in [-0.2, 0) is 18.4 Å². The molecule has 0 saturated carbocycles. The highest BCUT2D eigenvalue weighted by atomic mass is 31.2. The summed E-state index contributed by atoms with van der Waals surface area (Å²) in [4.78, 5) is 11.2. The van der Waals surface area contributed by atoms with Gasteiger partial charge >= 0.3 is 13.6 Å². The number of hydrogen-bond acceptors (Lipinski definition) is 5. The summed E-state index contributed by atoms with van der Waals surface area (Å²) < 4.78 is 22.0. The zero-order chi connectivity index (χ0) is 14.3. The molecule has 0 aromatic carbocycles. The van der Waals surface area contributed by atoms with E-state index in [2.05, 4.69) is 5.32 Å². The molecule has 0 aliphatic rings. The molecule has 0 bridgehead atoms. The molecule has 0 amide bonds. The highest BCUT2D eigenvalue weighted by molar-refractivity contribution is 7.54. The first-order valence-electron chi connectivity index (χ1n) is 6.00. The quantitative estimate of drug-likeness (QED) is 0.631. The van der Waals surface area contributed by atoms with Gasteiger partial charge < -0.3 is 14.2 Å². The normalized spacial score (nSPS) is 15.7. The average molecular weight is 281 g/mol. The Morgan fingerprint density at radius 1 is 1.33 bits per heavy atom. The molecule has 0 rings (SSSR count). The molecule has 108 valence electrons. The molecule has 0 aliphatic heterocycles. The van der Waals surface area contributed by atoms with Gasteiger partial charge in [0.05, 0.1) is 0 Å². The van der Waals surface area contributed by atoms with E-state index in [0.717, 1.165) is 0 Å². The summed E-state index contributed by atoms with van der Waals surface area (Å²) in [6.07, 6.45) is 0.917. The van der Waals surface area contributed by atoms with Crippen LogP contribution in [0.1, 0.15) is 33.6 Å². The number of hydrogen-bond donors (Lipinski definition) is 2. The fourth-order valence-corrected chi connectivity index (χ4v) is 3.17. The number of nitrogens with one attached hydrogen (secondary N) is 1. The molecule has 0 heterocycles. The minimum absolute atomic E-state index is 0.223. The fraction of sp³-hybridized carbons (Fsp3) is 0.909. The highest BCUT2D eigenvalue weighted by Gasteiger charge is 2.35. The third kappa shape index (κ3) is 5.06. The number of carbonyl (C=O) groups is 1. The maximum Gasteiger partial charge on any atom is 0.346 e. The van der Waals surface area contributed by atoms with Crippen molar-refractivity contribution in [1.29, 1.82) is 0 Å². The van der Waals surface area contributed by atoms with Crippen LogP contribution in [0.5, 0.6) is 0 Å². The smallest absolute Gasteiger partial charge is 0.346 e. The molecule has 6 nitrogen and oxygen atoms in total. The van der Waals surface area contributed by atoms with E-state index < -0.39 is 25.4 Å². The molecule has 0 aromatic rings. The van der Waals surface area contributed by atoms with Crippen LogP contribution < -0.4 is 5.32 Å². The lowest BCUT2D eigenvalue weighted by molar-refractivity contribution is -0.140. The van der Waals surface area contributed by atoms with Crippen molar-refractivity contribution in [2.24, 2.45) is 5.92 Å². The molecular weight excluding hydrogens is 257 g/mol. The van der Waals surface area contributed by atoms with E-state index in [1.54, 1.807) is 6.92 Å². The molecule has 18 heavy (non-hydrogen) atoms. The van der Waals surface area contributed by atoms with E-state index in [4.69, 9.17) is 14.2 Å². The van der Waals surface area contributed by atoms with Crippen LogP contribution in [0.4, 0.5) is 0 Å². The third-order valence-electron chi connectivity index (χ3n) is 2.68. The maximum atomic E-state index is 12.2. The molecule has 2 atom stereocenters. The zero-order valence-electron chi connectivity index (χ0n) is 11.7. The second kappa shape index (κ2) is 7.89. The largest absolute Gasteiger partial charge is 0.480 e. The molecule has 0 spiro atoms. The van der Waals surface area contributed by atoms with Gasteiger partial charge in [0.25, 0.3) is 0 Å². The second-order valence-electron chi connectivity index (χ2n) is 4.52. The van der Waals surface area contributed by atoms with Crippen molar-refractivity contribution >= 4 is 13.6 Å². The Kier molecular flexibility index (Phi) is 7.71. The number of carboxylic acids is 1. The Morgan fingerprint density at radius 3 is 2.11 bits per heavy atom. The SMILES string of the molecule is CCC(NC(CC(C)C)C(=O)O)P(=O)(OC)OC. The van der Waals surface area contributed by atoms with Crippen molar-refractivity contribution in [3.05, 3.63) is 0 Å². The lowest BCUT2D eigenvalue weighted by atomic mass is 10.0. The molecule has 0 fully saturated rings. The van der Waals surface area contributed by atoms with Gasteiger partial charge in [-0.1, -0.05) is 20.8 Å². The Labute approximate surface area is 109 Å². The third-order valence-corrected chi connectivity index (χ3v) is 4.97. The van der Waals surface area contributed by atoms with Crippen molar-refractivity contribution in [1.82, 2.24) is 5.32 Å². The van der Waals surface area contributed by atoms with Gasteiger partial charge in [-0.05, 0) is 18.8 Å². The van der Waals surface area contributed by atoms with Crippen molar-refractivity contribution in [3.63, 3.8) is 0 Å². The van der Waals surface area contributed by atoms with Crippen LogP contribution in [0.3, 0.4) is 0 Å². The van der Waals surface area contributed by atoms with Gasteiger partial charge in [-0.2, -0.15) is 0 Å². The van der Waals surface area contributed by atoms with Gasteiger partial charge in [0.2, 0.25) is 0 Å². The minimum atomic E-state index is -3.30. The van der Waals surface area contributed by atoms with E-state index in [9.17, 15) is 9.36 Å². The van der Waals surface area contributed by atoms with Gasteiger partial charge in [-0.25, -0.2) is 0 Å². The Hall–Kier alpha value is -0.420. The molecule has 7 heteroatoms. The van der Waals surface area contributed by atoms with Gasteiger partial charge in [0, 0.05) is 14.2 Å². The summed E-state index contributed by atoms with van der Waals surface area (Å²) in [7, 11) is -0.706. The van der Waals surface area contributed by atoms with Crippen LogP contribution >= 0.6 is 7.60 Å². The van der Waals surface area contributed by atoms with Crippen molar-refractivity contribution in [2.75, 3.05) is 14.2 Å². The molecule has 0 radical (unpaired) electrons.